The zero-order chi connectivity index (χ0) is 21.6. The molecular weight excluding hydrogens is 390 g/mol. The lowest BCUT2D eigenvalue weighted by molar-refractivity contribution is 0.0897. The lowest BCUT2D eigenvalue weighted by atomic mass is 10.0. The van der Waals surface area contributed by atoms with Gasteiger partial charge in [0.1, 0.15) is 18.5 Å². The van der Waals surface area contributed by atoms with Gasteiger partial charge in [-0.25, -0.2) is 4.90 Å². The number of aryl methyl sites for hydroxylation is 1. The highest BCUT2D eigenvalue weighted by Gasteiger charge is 2.28. The average Bonchev–Trinajstić information content (AvgIpc) is 3.64. The standard InChI is InChI=1S/C26H25NO4/c1-2-9-20-16-22(30-17-23-18-31-23)14-15-24(20)26(29)27(21-12-7-4-8-13-21)25(28)19-10-5-3-6-11-19/h3-8,10-16,23H,2,9,17-18H2,1H3. The molecule has 0 bridgehead atoms. The number of epoxide rings is 1. The Bertz CT molecular complexity index is 1050. The highest BCUT2D eigenvalue weighted by Crippen LogP contribution is 2.26. The largest absolute Gasteiger partial charge is 0.491 e. The van der Waals surface area contributed by atoms with Crippen LogP contribution >= 0.6 is 0 Å². The van der Waals surface area contributed by atoms with E-state index in [-0.39, 0.29) is 17.9 Å². The molecule has 1 aliphatic rings. The fraction of sp³-hybridized carbons (Fsp3) is 0.231. The van der Waals surface area contributed by atoms with Crippen LogP contribution in [0.3, 0.4) is 0 Å². The summed E-state index contributed by atoms with van der Waals surface area (Å²) in [5, 5.41) is 0. The van der Waals surface area contributed by atoms with E-state index in [4.69, 9.17) is 9.47 Å². The van der Waals surface area contributed by atoms with Crippen molar-refractivity contribution in [1.82, 2.24) is 0 Å². The molecule has 1 unspecified atom stereocenters. The van der Waals surface area contributed by atoms with E-state index in [2.05, 4.69) is 6.92 Å². The third-order valence-corrected chi connectivity index (χ3v) is 5.11. The smallest absolute Gasteiger partial charge is 0.265 e. The van der Waals surface area contributed by atoms with Crippen LogP contribution < -0.4 is 9.64 Å². The molecule has 0 N–H and O–H groups in total. The molecule has 0 radical (unpaired) electrons. The van der Waals surface area contributed by atoms with E-state index in [0.29, 0.717) is 35.6 Å². The quantitative estimate of drug-likeness (QED) is 0.388. The monoisotopic (exact) mass is 415 g/mol. The van der Waals surface area contributed by atoms with Crippen LogP contribution in [0.1, 0.15) is 39.6 Å². The van der Waals surface area contributed by atoms with Crippen LogP contribution in [0.4, 0.5) is 5.69 Å². The van der Waals surface area contributed by atoms with Gasteiger partial charge in [-0.05, 0) is 54.4 Å². The first-order chi connectivity index (χ1) is 15.2. The van der Waals surface area contributed by atoms with Gasteiger partial charge in [-0.2, -0.15) is 0 Å². The maximum atomic E-state index is 13.7. The van der Waals surface area contributed by atoms with Crippen LogP contribution in [0, 0.1) is 0 Å². The first-order valence-corrected chi connectivity index (χ1v) is 10.5. The van der Waals surface area contributed by atoms with Crippen molar-refractivity contribution in [1.29, 1.82) is 0 Å². The van der Waals surface area contributed by atoms with Crippen molar-refractivity contribution in [3.05, 3.63) is 95.6 Å². The second kappa shape index (κ2) is 9.58. The van der Waals surface area contributed by atoms with Crippen LogP contribution in [-0.4, -0.2) is 31.1 Å². The molecule has 158 valence electrons. The molecule has 0 aliphatic carbocycles. The number of carbonyl (C=O) groups is 2. The molecule has 1 heterocycles. The Kier molecular flexibility index (Phi) is 6.43. The second-order valence-electron chi connectivity index (χ2n) is 7.48. The predicted octanol–water partition coefficient (Wildman–Crippen LogP) is 4.90. The van der Waals surface area contributed by atoms with Gasteiger partial charge in [0.25, 0.3) is 11.8 Å². The van der Waals surface area contributed by atoms with E-state index < -0.39 is 0 Å². The maximum Gasteiger partial charge on any atom is 0.265 e. The van der Waals surface area contributed by atoms with Gasteiger partial charge in [0.05, 0.1) is 12.3 Å². The number of nitrogens with zero attached hydrogens (tertiary/aromatic N) is 1. The molecule has 1 atom stereocenters. The highest BCUT2D eigenvalue weighted by molar-refractivity contribution is 6.26. The summed E-state index contributed by atoms with van der Waals surface area (Å²) in [5.74, 6) is 0.00202. The molecule has 1 fully saturated rings. The third-order valence-electron chi connectivity index (χ3n) is 5.11. The summed E-state index contributed by atoms with van der Waals surface area (Å²) in [6.45, 7) is 3.29. The average molecular weight is 415 g/mol. The molecule has 0 spiro atoms. The number of ether oxygens (including phenoxy) is 2. The number of imide groups is 1. The minimum absolute atomic E-state index is 0.160. The third kappa shape index (κ3) is 5.01. The number of anilines is 1. The van der Waals surface area contributed by atoms with Crippen molar-refractivity contribution in [2.24, 2.45) is 0 Å². The zero-order valence-corrected chi connectivity index (χ0v) is 17.5. The maximum absolute atomic E-state index is 13.7. The van der Waals surface area contributed by atoms with Crippen molar-refractivity contribution < 1.29 is 19.1 Å². The molecule has 5 nitrogen and oxygen atoms in total. The fourth-order valence-electron chi connectivity index (χ4n) is 3.43. The van der Waals surface area contributed by atoms with Gasteiger partial charge in [0, 0.05) is 11.1 Å². The molecule has 5 heteroatoms. The minimum Gasteiger partial charge on any atom is -0.491 e. The van der Waals surface area contributed by atoms with Gasteiger partial charge in [0.15, 0.2) is 0 Å². The van der Waals surface area contributed by atoms with Crippen LogP contribution in [-0.2, 0) is 11.2 Å². The van der Waals surface area contributed by atoms with E-state index in [1.807, 2.05) is 30.3 Å². The molecule has 3 aromatic rings. The van der Waals surface area contributed by atoms with Crippen LogP contribution in [0.15, 0.2) is 78.9 Å². The molecule has 1 aliphatic heterocycles. The van der Waals surface area contributed by atoms with E-state index in [1.165, 1.54) is 4.90 Å². The number of amides is 2. The first-order valence-electron chi connectivity index (χ1n) is 10.5. The summed E-state index contributed by atoms with van der Waals surface area (Å²) in [7, 11) is 0. The topological polar surface area (TPSA) is 59.1 Å². The summed E-state index contributed by atoms with van der Waals surface area (Å²) >= 11 is 0. The predicted molar refractivity (Wildman–Crippen MR) is 120 cm³/mol. The zero-order valence-electron chi connectivity index (χ0n) is 17.5. The van der Waals surface area contributed by atoms with E-state index in [9.17, 15) is 9.59 Å². The summed E-state index contributed by atoms with van der Waals surface area (Å²) < 4.78 is 11.0. The molecule has 2 amide bonds. The van der Waals surface area contributed by atoms with Gasteiger partial charge >= 0.3 is 0 Å². The van der Waals surface area contributed by atoms with E-state index >= 15 is 0 Å². The first kappa shape index (κ1) is 20.8. The minimum atomic E-state index is -0.356. The fourth-order valence-corrected chi connectivity index (χ4v) is 3.43. The van der Waals surface area contributed by atoms with Gasteiger partial charge in [-0.15, -0.1) is 0 Å². The number of benzene rings is 3. The lowest BCUT2D eigenvalue weighted by Crippen LogP contribution is -2.37. The Morgan fingerprint density at radius 1 is 0.968 bits per heavy atom. The summed E-state index contributed by atoms with van der Waals surface area (Å²) in [5.41, 5.74) is 2.37. The Balaban J connectivity index is 1.69. The van der Waals surface area contributed by atoms with Gasteiger partial charge < -0.3 is 9.47 Å². The van der Waals surface area contributed by atoms with Gasteiger partial charge in [-0.1, -0.05) is 49.7 Å². The van der Waals surface area contributed by atoms with Crippen molar-refractivity contribution >= 4 is 17.5 Å². The normalized spacial score (nSPS) is 14.7. The summed E-state index contributed by atoms with van der Waals surface area (Å²) in [4.78, 5) is 28.3. The molecule has 3 aromatic carbocycles. The number of rotatable bonds is 8. The summed E-state index contributed by atoms with van der Waals surface area (Å²) in [6.07, 6.45) is 1.74. The van der Waals surface area contributed by atoms with Crippen molar-refractivity contribution in [3.8, 4) is 5.75 Å². The lowest BCUT2D eigenvalue weighted by Gasteiger charge is -2.23. The van der Waals surface area contributed by atoms with Crippen LogP contribution in [0.2, 0.25) is 0 Å². The van der Waals surface area contributed by atoms with Gasteiger partial charge in [-0.3, -0.25) is 9.59 Å². The van der Waals surface area contributed by atoms with E-state index in [1.54, 1.807) is 48.5 Å². The molecule has 1 saturated heterocycles. The highest BCUT2D eigenvalue weighted by atomic mass is 16.6. The molecule has 31 heavy (non-hydrogen) atoms. The van der Waals surface area contributed by atoms with Gasteiger partial charge in [0.2, 0.25) is 0 Å². The van der Waals surface area contributed by atoms with Crippen molar-refractivity contribution in [3.63, 3.8) is 0 Å². The van der Waals surface area contributed by atoms with Crippen LogP contribution in [0.5, 0.6) is 5.75 Å². The SMILES string of the molecule is CCCc1cc(OCC2CO2)ccc1C(=O)N(C(=O)c1ccccc1)c1ccccc1. The Morgan fingerprint density at radius 2 is 1.65 bits per heavy atom. The number of hydrogen-bond acceptors (Lipinski definition) is 4. The molecule has 4 rings (SSSR count). The summed E-state index contributed by atoms with van der Waals surface area (Å²) in [6, 6.07) is 23.3. The number of para-hydroxylation sites is 1. The number of hydrogen-bond donors (Lipinski definition) is 0. The Labute approximate surface area is 182 Å². The van der Waals surface area contributed by atoms with E-state index in [0.717, 1.165) is 18.6 Å². The number of carbonyl (C=O) groups excluding carboxylic acids is 2. The second-order valence-corrected chi connectivity index (χ2v) is 7.48. The van der Waals surface area contributed by atoms with Crippen LogP contribution in [0.25, 0.3) is 0 Å². The molecule has 0 aromatic heterocycles. The molecule has 0 saturated carbocycles. The molecular formula is C26H25NO4. The van der Waals surface area contributed by atoms with Crippen molar-refractivity contribution in [2.75, 3.05) is 18.1 Å². The Morgan fingerprint density at radius 3 is 2.29 bits per heavy atom. The van der Waals surface area contributed by atoms with Crippen molar-refractivity contribution in [2.45, 2.75) is 25.9 Å². The Hall–Kier alpha value is -3.44.